The normalized spacial score (nSPS) is 18.9. The second-order valence-electron chi connectivity index (χ2n) is 7.91. The first-order chi connectivity index (χ1) is 13.9. The van der Waals surface area contributed by atoms with Crippen molar-refractivity contribution in [2.75, 3.05) is 39.1 Å². The Labute approximate surface area is 171 Å². The highest BCUT2D eigenvalue weighted by atomic mass is 16.3. The number of carbonyl (C=O) groups is 2. The SMILES string of the molecule is CN(C)C(=O)c1cc(NC(=O)N2CCCC(CO)(Cc3ccccc3)C2)ccn1. The largest absolute Gasteiger partial charge is 0.396 e. The molecule has 1 aromatic carbocycles. The lowest BCUT2D eigenvalue weighted by Gasteiger charge is -2.42. The molecule has 29 heavy (non-hydrogen) atoms. The topological polar surface area (TPSA) is 85.8 Å². The van der Waals surface area contributed by atoms with Crippen LogP contribution in [0, 0.1) is 5.41 Å². The first-order valence-corrected chi connectivity index (χ1v) is 9.81. The van der Waals surface area contributed by atoms with Gasteiger partial charge in [0, 0.05) is 44.5 Å². The minimum atomic E-state index is -0.346. The van der Waals surface area contributed by atoms with E-state index in [1.54, 1.807) is 31.1 Å². The summed E-state index contributed by atoms with van der Waals surface area (Å²) < 4.78 is 0. The maximum atomic E-state index is 12.9. The Morgan fingerprint density at radius 1 is 1.24 bits per heavy atom. The predicted octanol–water partition coefficient (Wildman–Crippen LogP) is 2.63. The van der Waals surface area contributed by atoms with E-state index in [1.165, 1.54) is 11.1 Å². The highest BCUT2D eigenvalue weighted by Gasteiger charge is 2.37. The second-order valence-corrected chi connectivity index (χ2v) is 7.91. The smallest absolute Gasteiger partial charge is 0.321 e. The summed E-state index contributed by atoms with van der Waals surface area (Å²) in [6, 6.07) is 13.1. The van der Waals surface area contributed by atoms with Gasteiger partial charge >= 0.3 is 6.03 Å². The molecular weight excluding hydrogens is 368 g/mol. The summed E-state index contributed by atoms with van der Waals surface area (Å²) in [6.07, 6.45) is 3.95. The van der Waals surface area contributed by atoms with E-state index in [0.717, 1.165) is 24.8 Å². The van der Waals surface area contributed by atoms with Crippen molar-refractivity contribution < 1.29 is 14.7 Å². The van der Waals surface area contributed by atoms with Crippen molar-refractivity contribution in [3.8, 4) is 0 Å². The molecule has 0 radical (unpaired) electrons. The third-order valence-corrected chi connectivity index (χ3v) is 5.34. The van der Waals surface area contributed by atoms with Crippen LogP contribution in [0.5, 0.6) is 0 Å². The van der Waals surface area contributed by atoms with Crippen LogP contribution >= 0.6 is 0 Å². The summed E-state index contributed by atoms with van der Waals surface area (Å²) >= 11 is 0. The van der Waals surface area contributed by atoms with E-state index in [-0.39, 0.29) is 29.7 Å². The lowest BCUT2D eigenvalue weighted by atomic mass is 9.76. The van der Waals surface area contributed by atoms with Gasteiger partial charge in [0.05, 0.1) is 6.61 Å². The lowest BCUT2D eigenvalue weighted by molar-refractivity contribution is 0.0500. The van der Waals surface area contributed by atoms with Crippen molar-refractivity contribution in [2.45, 2.75) is 19.3 Å². The molecule has 1 saturated heterocycles. The number of anilines is 1. The molecule has 1 aromatic heterocycles. The summed E-state index contributed by atoms with van der Waals surface area (Å²) in [5.41, 5.74) is 1.62. The van der Waals surface area contributed by atoms with Gasteiger partial charge in [-0.2, -0.15) is 0 Å². The van der Waals surface area contributed by atoms with Gasteiger partial charge in [-0.25, -0.2) is 4.79 Å². The van der Waals surface area contributed by atoms with Crippen LogP contribution in [-0.4, -0.2) is 65.6 Å². The predicted molar refractivity (Wildman–Crippen MR) is 112 cm³/mol. The third-order valence-electron chi connectivity index (χ3n) is 5.34. The first kappa shape index (κ1) is 20.8. The molecule has 2 heterocycles. The fraction of sp³-hybridized carbons (Fsp3) is 0.409. The highest BCUT2D eigenvalue weighted by Crippen LogP contribution is 2.33. The van der Waals surface area contributed by atoms with Crippen LogP contribution in [0.4, 0.5) is 10.5 Å². The zero-order valence-electron chi connectivity index (χ0n) is 17.0. The average molecular weight is 396 g/mol. The molecule has 0 bridgehead atoms. The molecule has 1 aliphatic heterocycles. The fourth-order valence-corrected chi connectivity index (χ4v) is 3.80. The van der Waals surface area contributed by atoms with Gasteiger partial charge in [-0.05, 0) is 37.0 Å². The van der Waals surface area contributed by atoms with Crippen molar-refractivity contribution in [1.29, 1.82) is 0 Å². The van der Waals surface area contributed by atoms with Crippen LogP contribution in [-0.2, 0) is 6.42 Å². The molecule has 1 fully saturated rings. The zero-order chi connectivity index (χ0) is 20.9. The van der Waals surface area contributed by atoms with Crippen molar-refractivity contribution in [2.24, 2.45) is 5.41 Å². The van der Waals surface area contributed by atoms with E-state index < -0.39 is 0 Å². The van der Waals surface area contributed by atoms with Crippen LogP contribution in [0.2, 0.25) is 0 Å². The van der Waals surface area contributed by atoms with Crippen LogP contribution in [0.1, 0.15) is 28.9 Å². The van der Waals surface area contributed by atoms with Gasteiger partial charge in [-0.3, -0.25) is 9.78 Å². The summed E-state index contributed by atoms with van der Waals surface area (Å²) in [4.78, 5) is 32.2. The molecule has 2 aromatic rings. The minimum absolute atomic E-state index is 0.0302. The second kappa shape index (κ2) is 9.05. The molecule has 0 aliphatic carbocycles. The number of amides is 3. The van der Waals surface area contributed by atoms with Crippen LogP contribution in [0.15, 0.2) is 48.7 Å². The number of hydrogen-bond acceptors (Lipinski definition) is 4. The Morgan fingerprint density at radius 2 is 2.00 bits per heavy atom. The fourth-order valence-electron chi connectivity index (χ4n) is 3.80. The standard InChI is InChI=1S/C22H28N4O3/c1-25(2)20(28)19-13-18(9-11-23-19)24-21(29)26-12-6-10-22(15-26,16-27)14-17-7-4-3-5-8-17/h3-5,7-9,11,13,27H,6,10,12,14-16H2,1-2H3,(H,23,24,29). The summed E-state index contributed by atoms with van der Waals surface area (Å²) in [6.45, 7) is 1.15. The van der Waals surface area contributed by atoms with Crippen LogP contribution in [0.25, 0.3) is 0 Å². The van der Waals surface area contributed by atoms with E-state index in [9.17, 15) is 14.7 Å². The monoisotopic (exact) mass is 396 g/mol. The lowest BCUT2D eigenvalue weighted by Crippen LogP contribution is -2.50. The Hall–Kier alpha value is -2.93. The Balaban J connectivity index is 1.69. The molecule has 3 rings (SSSR count). The van der Waals surface area contributed by atoms with Gasteiger partial charge in [-0.15, -0.1) is 0 Å². The number of benzene rings is 1. The Kier molecular flexibility index (Phi) is 6.49. The number of likely N-dealkylation sites (tertiary alicyclic amines) is 1. The number of carbonyl (C=O) groups excluding carboxylic acids is 2. The highest BCUT2D eigenvalue weighted by molar-refractivity contribution is 5.95. The first-order valence-electron chi connectivity index (χ1n) is 9.81. The molecule has 1 aliphatic rings. The molecule has 154 valence electrons. The van der Waals surface area contributed by atoms with Gasteiger partial charge in [-0.1, -0.05) is 30.3 Å². The van der Waals surface area contributed by atoms with Crippen molar-refractivity contribution in [1.82, 2.24) is 14.8 Å². The molecule has 3 amide bonds. The molecular formula is C22H28N4O3. The van der Waals surface area contributed by atoms with E-state index >= 15 is 0 Å². The van der Waals surface area contributed by atoms with Gasteiger partial charge in [0.1, 0.15) is 5.69 Å². The number of pyridine rings is 1. The third kappa shape index (κ3) is 5.12. The average Bonchev–Trinajstić information content (AvgIpc) is 2.74. The number of aliphatic hydroxyl groups is 1. The zero-order valence-corrected chi connectivity index (χ0v) is 17.0. The number of piperidine rings is 1. The molecule has 0 spiro atoms. The molecule has 0 saturated carbocycles. The van der Waals surface area contributed by atoms with Gasteiger partial charge in [0.15, 0.2) is 0 Å². The number of rotatable bonds is 5. The van der Waals surface area contributed by atoms with Crippen molar-refractivity contribution >= 4 is 17.6 Å². The maximum Gasteiger partial charge on any atom is 0.321 e. The number of aliphatic hydroxyl groups excluding tert-OH is 1. The van der Waals surface area contributed by atoms with E-state index in [1.807, 2.05) is 18.2 Å². The molecule has 2 N–H and O–H groups in total. The maximum absolute atomic E-state index is 12.9. The molecule has 7 heteroatoms. The van der Waals surface area contributed by atoms with Crippen molar-refractivity contribution in [3.63, 3.8) is 0 Å². The molecule has 1 atom stereocenters. The van der Waals surface area contributed by atoms with E-state index in [4.69, 9.17) is 0 Å². The number of hydrogen-bond donors (Lipinski definition) is 2. The quantitative estimate of drug-likeness (QED) is 0.814. The van der Waals surface area contributed by atoms with Crippen LogP contribution < -0.4 is 5.32 Å². The van der Waals surface area contributed by atoms with Gasteiger partial charge < -0.3 is 20.2 Å². The number of nitrogens with zero attached hydrogens (tertiary/aromatic N) is 3. The van der Waals surface area contributed by atoms with E-state index in [0.29, 0.717) is 18.8 Å². The summed E-state index contributed by atoms with van der Waals surface area (Å²) in [5, 5.41) is 13.0. The summed E-state index contributed by atoms with van der Waals surface area (Å²) in [7, 11) is 3.31. The summed E-state index contributed by atoms with van der Waals surface area (Å²) in [5.74, 6) is -0.221. The Morgan fingerprint density at radius 3 is 2.69 bits per heavy atom. The van der Waals surface area contributed by atoms with Crippen LogP contribution in [0.3, 0.4) is 0 Å². The molecule has 1 unspecified atom stereocenters. The van der Waals surface area contributed by atoms with Gasteiger partial charge in [0.2, 0.25) is 0 Å². The van der Waals surface area contributed by atoms with E-state index in [2.05, 4.69) is 22.4 Å². The Bertz CT molecular complexity index is 856. The van der Waals surface area contributed by atoms with Gasteiger partial charge in [0.25, 0.3) is 5.91 Å². The molecule has 7 nitrogen and oxygen atoms in total. The minimum Gasteiger partial charge on any atom is -0.396 e. The van der Waals surface area contributed by atoms with Crippen molar-refractivity contribution in [3.05, 3.63) is 59.9 Å². The number of aromatic nitrogens is 1. The number of urea groups is 1. The number of nitrogens with one attached hydrogen (secondary N) is 1.